The Labute approximate surface area is 210 Å². The highest BCUT2D eigenvalue weighted by Crippen LogP contribution is 2.37. The van der Waals surface area contributed by atoms with E-state index in [9.17, 15) is 9.59 Å². The molecule has 4 aliphatic rings. The fourth-order valence-electron chi connectivity index (χ4n) is 4.73. The van der Waals surface area contributed by atoms with E-state index in [0.29, 0.717) is 75.6 Å². The van der Waals surface area contributed by atoms with Gasteiger partial charge in [0.15, 0.2) is 0 Å². The first-order valence-corrected chi connectivity index (χ1v) is 12.3. The highest BCUT2D eigenvalue weighted by atomic mass is 16.5. The third-order valence-corrected chi connectivity index (χ3v) is 6.68. The van der Waals surface area contributed by atoms with Crippen molar-refractivity contribution in [2.75, 3.05) is 76.4 Å². The molecule has 2 amide bonds. The predicted octanol–water partition coefficient (Wildman–Crippen LogP) is 1.29. The number of carbonyl (C=O) groups is 2. The molecule has 0 aliphatic carbocycles. The number of nitrogens with zero attached hydrogens (tertiary/aromatic N) is 6. The number of hydrogen-bond donors (Lipinski definition) is 1. The van der Waals surface area contributed by atoms with Crippen molar-refractivity contribution in [2.24, 2.45) is 4.99 Å². The number of nitrogens with one attached hydrogen (secondary N) is 1. The van der Waals surface area contributed by atoms with Crippen LogP contribution in [0.4, 0.5) is 17.3 Å². The molecule has 4 bridgehead atoms. The minimum Gasteiger partial charge on any atom is -0.493 e. The Morgan fingerprint density at radius 2 is 1.94 bits per heavy atom. The summed E-state index contributed by atoms with van der Waals surface area (Å²) in [7, 11) is 1.67. The molecule has 1 unspecified atom stereocenters. The Balaban J connectivity index is 1.44. The quantitative estimate of drug-likeness (QED) is 0.681. The zero-order chi connectivity index (χ0) is 24.9. The van der Waals surface area contributed by atoms with E-state index in [1.165, 1.54) is 6.33 Å². The largest absolute Gasteiger partial charge is 0.493 e. The first kappa shape index (κ1) is 24.1. The highest BCUT2D eigenvalue weighted by molar-refractivity contribution is 6.13. The molecule has 5 heterocycles. The molecule has 11 nitrogen and oxygen atoms in total. The van der Waals surface area contributed by atoms with E-state index in [1.54, 1.807) is 13.3 Å². The minimum absolute atomic E-state index is 0.104. The van der Waals surface area contributed by atoms with E-state index >= 15 is 0 Å². The van der Waals surface area contributed by atoms with Crippen LogP contribution < -0.4 is 15.0 Å². The smallest absolute Gasteiger partial charge is 0.238 e. The standard InChI is InChI=1S/C25H31N7O4/c1-35-13-11-30-6-3-12-36-19-5-2-4-18(14-19)26-15-20-22-23(29-25(20)34)27-17-28-24(22)32-9-7-31(8-10-32)21(33)16-30/h2,4-5,14-15,17,20H,3,6-13,16H2,1H3,(H,27,28,29,34). The molecular formula is C25H31N7O4. The van der Waals surface area contributed by atoms with E-state index in [4.69, 9.17) is 9.47 Å². The molecule has 2 aromatic rings. The Bertz CT molecular complexity index is 1130. The van der Waals surface area contributed by atoms with E-state index in [0.717, 1.165) is 18.5 Å². The first-order chi connectivity index (χ1) is 17.6. The maximum Gasteiger partial charge on any atom is 0.238 e. The van der Waals surface area contributed by atoms with Gasteiger partial charge in [-0.15, -0.1) is 0 Å². The summed E-state index contributed by atoms with van der Waals surface area (Å²) in [5.74, 6) is 1.25. The van der Waals surface area contributed by atoms with Crippen LogP contribution in [0.1, 0.15) is 17.9 Å². The van der Waals surface area contributed by atoms with Gasteiger partial charge in [-0.05, 0) is 18.6 Å². The maximum absolute atomic E-state index is 13.1. The number of methoxy groups -OCH3 is 1. The maximum atomic E-state index is 13.1. The fourth-order valence-corrected chi connectivity index (χ4v) is 4.73. The van der Waals surface area contributed by atoms with Crippen molar-refractivity contribution >= 4 is 35.4 Å². The molecule has 1 N–H and O–H groups in total. The van der Waals surface area contributed by atoms with Gasteiger partial charge in [-0.2, -0.15) is 0 Å². The Morgan fingerprint density at radius 1 is 1.11 bits per heavy atom. The van der Waals surface area contributed by atoms with Gasteiger partial charge < -0.3 is 24.6 Å². The number of hydrogen-bond acceptors (Lipinski definition) is 9. The second-order valence-electron chi connectivity index (χ2n) is 9.04. The Kier molecular flexibility index (Phi) is 7.38. The summed E-state index contributed by atoms with van der Waals surface area (Å²) in [4.78, 5) is 45.5. The summed E-state index contributed by atoms with van der Waals surface area (Å²) in [5.41, 5.74) is 1.42. The molecule has 6 rings (SSSR count). The molecule has 1 atom stereocenters. The van der Waals surface area contributed by atoms with Crippen LogP contribution in [0.2, 0.25) is 0 Å². The average molecular weight is 494 g/mol. The van der Waals surface area contributed by atoms with Gasteiger partial charge in [-0.25, -0.2) is 9.97 Å². The van der Waals surface area contributed by atoms with Gasteiger partial charge in [-0.1, -0.05) is 6.07 Å². The molecule has 0 saturated carbocycles. The highest BCUT2D eigenvalue weighted by Gasteiger charge is 2.36. The van der Waals surface area contributed by atoms with Crippen molar-refractivity contribution in [3.63, 3.8) is 0 Å². The zero-order valence-corrected chi connectivity index (χ0v) is 20.4. The van der Waals surface area contributed by atoms with Crippen LogP contribution in [0.3, 0.4) is 0 Å². The molecule has 1 aromatic carbocycles. The second-order valence-corrected chi connectivity index (χ2v) is 9.04. The van der Waals surface area contributed by atoms with Crippen LogP contribution in [-0.4, -0.2) is 104 Å². The number of carbonyl (C=O) groups excluding carboxylic acids is 2. The summed E-state index contributed by atoms with van der Waals surface area (Å²) in [6.07, 6.45) is 3.89. The van der Waals surface area contributed by atoms with Crippen LogP contribution in [0.5, 0.6) is 5.75 Å². The molecule has 0 radical (unpaired) electrons. The summed E-state index contributed by atoms with van der Waals surface area (Å²) in [5, 5.41) is 2.85. The number of ether oxygens (including phenoxy) is 2. The van der Waals surface area contributed by atoms with Gasteiger partial charge in [-0.3, -0.25) is 19.5 Å². The van der Waals surface area contributed by atoms with Crippen molar-refractivity contribution < 1.29 is 19.1 Å². The van der Waals surface area contributed by atoms with E-state index < -0.39 is 5.92 Å². The number of fused-ring (bicyclic) bond motifs is 8. The molecule has 1 saturated heterocycles. The van der Waals surface area contributed by atoms with Crippen molar-refractivity contribution in [2.45, 2.75) is 12.3 Å². The summed E-state index contributed by atoms with van der Waals surface area (Å²) < 4.78 is 11.2. The van der Waals surface area contributed by atoms with Crippen molar-refractivity contribution in [1.82, 2.24) is 19.8 Å². The topological polar surface area (TPSA) is 112 Å². The molecule has 11 heteroatoms. The monoisotopic (exact) mass is 493 g/mol. The lowest BCUT2D eigenvalue weighted by atomic mass is 10.0. The lowest BCUT2D eigenvalue weighted by Crippen LogP contribution is -2.52. The van der Waals surface area contributed by atoms with Gasteiger partial charge in [0, 0.05) is 58.7 Å². The molecular weight excluding hydrogens is 462 g/mol. The molecule has 190 valence electrons. The molecule has 1 fully saturated rings. The number of benzene rings is 1. The predicted molar refractivity (Wildman–Crippen MR) is 135 cm³/mol. The third kappa shape index (κ3) is 5.31. The number of amides is 2. The van der Waals surface area contributed by atoms with Crippen molar-refractivity contribution in [3.8, 4) is 5.75 Å². The number of anilines is 2. The second kappa shape index (κ2) is 11.0. The lowest BCUT2D eigenvalue weighted by Gasteiger charge is -2.37. The SMILES string of the molecule is COCCN1CCCOc2cccc(c2)N=CC2C(=O)Nc3ncnc(c32)N2CCN(CC2)C(=O)C1. The summed E-state index contributed by atoms with van der Waals surface area (Å²) in [6, 6.07) is 7.49. The van der Waals surface area contributed by atoms with Crippen LogP contribution >= 0.6 is 0 Å². The van der Waals surface area contributed by atoms with Crippen LogP contribution in [0.15, 0.2) is 35.6 Å². The van der Waals surface area contributed by atoms with E-state index in [-0.39, 0.29) is 11.8 Å². The molecule has 4 aliphatic heterocycles. The van der Waals surface area contributed by atoms with Crippen LogP contribution in [-0.2, 0) is 14.3 Å². The average Bonchev–Trinajstić information content (AvgIpc) is 3.23. The Hall–Kier alpha value is -3.57. The van der Waals surface area contributed by atoms with Crippen molar-refractivity contribution in [3.05, 3.63) is 36.2 Å². The van der Waals surface area contributed by atoms with Crippen molar-refractivity contribution in [1.29, 1.82) is 0 Å². The number of aromatic nitrogens is 2. The summed E-state index contributed by atoms with van der Waals surface area (Å²) >= 11 is 0. The van der Waals surface area contributed by atoms with Gasteiger partial charge in [0.05, 0.1) is 31.0 Å². The Morgan fingerprint density at radius 3 is 2.78 bits per heavy atom. The molecule has 0 spiro atoms. The van der Waals surface area contributed by atoms with Gasteiger partial charge in [0.25, 0.3) is 0 Å². The van der Waals surface area contributed by atoms with E-state index in [2.05, 4.69) is 30.1 Å². The van der Waals surface area contributed by atoms with Crippen LogP contribution in [0.25, 0.3) is 0 Å². The van der Waals surface area contributed by atoms with Gasteiger partial charge >= 0.3 is 0 Å². The van der Waals surface area contributed by atoms with Crippen LogP contribution in [0, 0.1) is 0 Å². The fraction of sp³-hybridized carbons (Fsp3) is 0.480. The number of piperazine rings is 1. The normalized spacial score (nSPS) is 20.9. The summed E-state index contributed by atoms with van der Waals surface area (Å²) in [6.45, 7) is 5.27. The molecule has 1 aromatic heterocycles. The molecule has 36 heavy (non-hydrogen) atoms. The lowest BCUT2D eigenvalue weighted by molar-refractivity contribution is -0.132. The third-order valence-electron chi connectivity index (χ3n) is 6.68. The minimum atomic E-state index is -0.600. The first-order valence-electron chi connectivity index (χ1n) is 12.3. The zero-order valence-electron chi connectivity index (χ0n) is 20.4. The van der Waals surface area contributed by atoms with Gasteiger partial charge in [0.1, 0.15) is 29.6 Å². The van der Waals surface area contributed by atoms with Gasteiger partial charge in [0.2, 0.25) is 11.8 Å². The number of rotatable bonds is 3. The number of aliphatic imine (C=N–C) groups is 1. The van der Waals surface area contributed by atoms with E-state index in [1.807, 2.05) is 29.2 Å².